The second kappa shape index (κ2) is 12.9. The normalized spacial score (nSPS) is 24.6. The molecule has 4 rings (SSSR count). The Morgan fingerprint density at radius 1 is 1.06 bits per heavy atom. The zero-order valence-electron chi connectivity index (χ0n) is 20.0. The Morgan fingerprint density at radius 2 is 1.82 bits per heavy atom. The summed E-state index contributed by atoms with van der Waals surface area (Å²) < 4.78 is 0. The first kappa shape index (κ1) is 26.2. The maximum Gasteiger partial charge on any atom is 0.221 e. The second-order valence-corrected chi connectivity index (χ2v) is 9.81. The SMILES string of the molecule is CN=C(NCc1cccc(CN2CCCC(C(N)=O)C2)c1)N1CCC(CN2CCCC2)C1.I. The Hall–Kier alpha value is -1.39. The van der Waals surface area contributed by atoms with Gasteiger partial charge in [0.05, 0.1) is 5.92 Å². The van der Waals surface area contributed by atoms with Crippen LogP contribution in [0.1, 0.15) is 43.2 Å². The number of nitrogens with zero attached hydrogens (tertiary/aromatic N) is 4. The minimum absolute atomic E-state index is 0. The summed E-state index contributed by atoms with van der Waals surface area (Å²) >= 11 is 0. The van der Waals surface area contributed by atoms with Gasteiger partial charge in [-0.3, -0.25) is 14.7 Å². The zero-order chi connectivity index (χ0) is 22.3. The number of hydrogen-bond donors (Lipinski definition) is 2. The van der Waals surface area contributed by atoms with Gasteiger partial charge in [0.1, 0.15) is 0 Å². The van der Waals surface area contributed by atoms with Gasteiger partial charge in [0.25, 0.3) is 0 Å². The Bertz CT molecular complexity index is 797. The van der Waals surface area contributed by atoms with Crippen LogP contribution >= 0.6 is 24.0 Å². The number of guanidine groups is 1. The van der Waals surface area contributed by atoms with Crippen LogP contribution in [-0.2, 0) is 17.9 Å². The number of halogens is 1. The summed E-state index contributed by atoms with van der Waals surface area (Å²) in [6.07, 6.45) is 5.95. The zero-order valence-corrected chi connectivity index (χ0v) is 22.4. The molecular formula is C25H41IN6O. The van der Waals surface area contributed by atoms with Gasteiger partial charge >= 0.3 is 0 Å². The van der Waals surface area contributed by atoms with Crippen LogP contribution in [-0.4, -0.2) is 79.4 Å². The van der Waals surface area contributed by atoms with Crippen LogP contribution in [0.2, 0.25) is 0 Å². The van der Waals surface area contributed by atoms with Crippen molar-refractivity contribution in [3.05, 3.63) is 35.4 Å². The first-order valence-corrected chi connectivity index (χ1v) is 12.4. The minimum atomic E-state index is -0.163. The van der Waals surface area contributed by atoms with E-state index in [-0.39, 0.29) is 35.8 Å². The summed E-state index contributed by atoms with van der Waals surface area (Å²) in [7, 11) is 1.89. The lowest BCUT2D eigenvalue weighted by Gasteiger charge is -2.31. The summed E-state index contributed by atoms with van der Waals surface area (Å²) in [6, 6.07) is 8.75. The lowest BCUT2D eigenvalue weighted by Crippen LogP contribution is -2.41. The van der Waals surface area contributed by atoms with Crippen molar-refractivity contribution in [2.24, 2.45) is 22.6 Å². The third-order valence-corrected chi connectivity index (χ3v) is 7.27. The molecule has 3 N–H and O–H groups in total. The van der Waals surface area contributed by atoms with E-state index in [0.717, 1.165) is 64.0 Å². The molecule has 3 aliphatic heterocycles. The third-order valence-electron chi connectivity index (χ3n) is 7.27. The lowest BCUT2D eigenvalue weighted by molar-refractivity contribution is -0.123. The average molecular weight is 569 g/mol. The van der Waals surface area contributed by atoms with Gasteiger partial charge in [-0.2, -0.15) is 0 Å². The molecule has 3 fully saturated rings. The average Bonchev–Trinajstić information content (AvgIpc) is 3.48. The minimum Gasteiger partial charge on any atom is -0.369 e. The molecule has 8 heteroatoms. The molecular weight excluding hydrogens is 527 g/mol. The van der Waals surface area contributed by atoms with Crippen molar-refractivity contribution in [3.63, 3.8) is 0 Å². The van der Waals surface area contributed by atoms with Crippen LogP contribution in [0.5, 0.6) is 0 Å². The second-order valence-electron chi connectivity index (χ2n) is 9.81. The molecule has 2 unspecified atom stereocenters. The molecule has 0 aliphatic carbocycles. The van der Waals surface area contributed by atoms with Gasteiger partial charge in [0.2, 0.25) is 5.91 Å². The molecule has 1 aromatic carbocycles. The van der Waals surface area contributed by atoms with Gasteiger partial charge in [0, 0.05) is 46.3 Å². The van der Waals surface area contributed by atoms with Gasteiger partial charge in [0.15, 0.2) is 5.96 Å². The number of nitrogens with two attached hydrogens (primary N) is 1. The smallest absolute Gasteiger partial charge is 0.221 e. The molecule has 1 amide bonds. The molecule has 0 saturated carbocycles. The van der Waals surface area contributed by atoms with Crippen molar-refractivity contribution >= 4 is 35.8 Å². The van der Waals surface area contributed by atoms with E-state index in [9.17, 15) is 4.79 Å². The molecule has 184 valence electrons. The lowest BCUT2D eigenvalue weighted by atomic mass is 9.97. The molecule has 3 heterocycles. The highest BCUT2D eigenvalue weighted by molar-refractivity contribution is 14.0. The number of benzene rings is 1. The van der Waals surface area contributed by atoms with E-state index < -0.39 is 0 Å². The van der Waals surface area contributed by atoms with Crippen LogP contribution in [0.3, 0.4) is 0 Å². The molecule has 1 aromatic rings. The van der Waals surface area contributed by atoms with E-state index in [1.54, 1.807) is 0 Å². The summed E-state index contributed by atoms with van der Waals surface area (Å²) in [4.78, 5) is 23.5. The quantitative estimate of drug-likeness (QED) is 0.301. The largest absolute Gasteiger partial charge is 0.369 e. The van der Waals surface area contributed by atoms with Gasteiger partial charge in [-0.25, -0.2) is 0 Å². The maximum atomic E-state index is 11.6. The Balaban J connectivity index is 0.00000306. The van der Waals surface area contributed by atoms with E-state index in [4.69, 9.17) is 5.73 Å². The maximum absolute atomic E-state index is 11.6. The number of nitrogens with one attached hydrogen (secondary N) is 1. The topological polar surface area (TPSA) is 77.2 Å². The van der Waals surface area contributed by atoms with Crippen molar-refractivity contribution in [2.75, 3.05) is 52.9 Å². The number of aliphatic imine (C=N–C) groups is 1. The van der Waals surface area contributed by atoms with Gasteiger partial charge in [-0.1, -0.05) is 24.3 Å². The highest BCUT2D eigenvalue weighted by atomic mass is 127. The van der Waals surface area contributed by atoms with E-state index >= 15 is 0 Å². The number of piperidine rings is 1. The fourth-order valence-corrected chi connectivity index (χ4v) is 5.55. The third kappa shape index (κ3) is 7.55. The van der Waals surface area contributed by atoms with Crippen molar-refractivity contribution in [1.82, 2.24) is 20.0 Å². The van der Waals surface area contributed by atoms with Crippen molar-refractivity contribution in [2.45, 2.75) is 45.2 Å². The molecule has 0 spiro atoms. The molecule has 0 aromatic heterocycles. The Morgan fingerprint density at radius 3 is 2.58 bits per heavy atom. The number of primary amides is 1. The molecule has 0 radical (unpaired) electrons. The molecule has 3 aliphatic rings. The molecule has 7 nitrogen and oxygen atoms in total. The van der Waals surface area contributed by atoms with Crippen molar-refractivity contribution in [3.8, 4) is 0 Å². The summed E-state index contributed by atoms with van der Waals surface area (Å²) in [6.45, 7) is 9.45. The number of carbonyl (C=O) groups is 1. The number of hydrogen-bond acceptors (Lipinski definition) is 4. The standard InChI is InChI=1S/C25H40N6O.HI/c1-27-25(31-13-9-22(18-31)17-29-10-2-3-11-29)28-15-20-6-4-7-21(14-20)16-30-12-5-8-23(19-30)24(26)32;/h4,6-7,14,22-23H,2-3,5,8-13,15-19H2,1H3,(H2,26,32)(H,27,28);1H. The first-order valence-electron chi connectivity index (χ1n) is 12.4. The number of likely N-dealkylation sites (tertiary alicyclic amines) is 3. The van der Waals surface area contributed by atoms with E-state index in [1.165, 1.54) is 50.0 Å². The Labute approximate surface area is 216 Å². The van der Waals surface area contributed by atoms with Gasteiger partial charge in [-0.15, -0.1) is 24.0 Å². The molecule has 2 atom stereocenters. The highest BCUT2D eigenvalue weighted by Gasteiger charge is 2.27. The summed E-state index contributed by atoms with van der Waals surface area (Å²) in [5, 5.41) is 3.58. The summed E-state index contributed by atoms with van der Waals surface area (Å²) in [5.74, 6) is 1.60. The van der Waals surface area contributed by atoms with E-state index in [0.29, 0.717) is 0 Å². The van der Waals surface area contributed by atoms with Crippen molar-refractivity contribution < 1.29 is 4.79 Å². The summed E-state index contributed by atoms with van der Waals surface area (Å²) in [5.41, 5.74) is 8.09. The fraction of sp³-hybridized carbons (Fsp3) is 0.680. The molecule has 0 bridgehead atoms. The van der Waals surface area contributed by atoms with Crippen LogP contribution < -0.4 is 11.1 Å². The van der Waals surface area contributed by atoms with E-state index in [2.05, 4.69) is 49.3 Å². The number of amides is 1. The van der Waals surface area contributed by atoms with Crippen LogP contribution in [0.15, 0.2) is 29.3 Å². The predicted molar refractivity (Wildman–Crippen MR) is 145 cm³/mol. The van der Waals surface area contributed by atoms with Crippen molar-refractivity contribution in [1.29, 1.82) is 0 Å². The molecule has 33 heavy (non-hydrogen) atoms. The number of rotatable bonds is 7. The highest BCUT2D eigenvalue weighted by Crippen LogP contribution is 2.21. The van der Waals surface area contributed by atoms with Crippen LogP contribution in [0.25, 0.3) is 0 Å². The van der Waals surface area contributed by atoms with Gasteiger partial charge < -0.3 is 20.9 Å². The van der Waals surface area contributed by atoms with Crippen LogP contribution in [0, 0.1) is 11.8 Å². The first-order chi connectivity index (χ1) is 15.6. The Kier molecular flexibility index (Phi) is 10.2. The van der Waals surface area contributed by atoms with Crippen LogP contribution in [0.4, 0.5) is 0 Å². The predicted octanol–water partition coefficient (Wildman–Crippen LogP) is 2.50. The number of carbonyl (C=O) groups excluding carboxylic acids is 1. The molecule has 3 saturated heterocycles. The van der Waals surface area contributed by atoms with E-state index in [1.807, 2.05) is 7.05 Å². The fourth-order valence-electron chi connectivity index (χ4n) is 5.55. The monoisotopic (exact) mass is 568 g/mol. The van der Waals surface area contributed by atoms with Gasteiger partial charge in [-0.05, 0) is 68.8 Å².